The highest BCUT2D eigenvalue weighted by Crippen LogP contribution is 2.26. The van der Waals surface area contributed by atoms with Crippen LogP contribution in [0.15, 0.2) is 0 Å². The summed E-state index contributed by atoms with van der Waals surface area (Å²) in [6.45, 7) is 5.76. The van der Waals surface area contributed by atoms with Crippen molar-refractivity contribution >= 4 is 0 Å². The molecule has 80 valence electrons. The Balaban J connectivity index is 2.55. The topological polar surface area (TPSA) is 45.0 Å². The lowest BCUT2D eigenvalue weighted by molar-refractivity contribution is -0.0182. The molecule has 1 heterocycles. The van der Waals surface area contributed by atoms with Crippen molar-refractivity contribution < 1.29 is 4.74 Å². The fraction of sp³-hybridized carbons (Fsp3) is 0.909. The van der Waals surface area contributed by atoms with Gasteiger partial charge < -0.3 is 4.74 Å². The van der Waals surface area contributed by atoms with Gasteiger partial charge >= 0.3 is 0 Å². The van der Waals surface area contributed by atoms with E-state index in [2.05, 4.69) is 18.3 Å². The zero-order valence-corrected chi connectivity index (χ0v) is 9.18. The molecule has 1 aliphatic heterocycles. The third kappa shape index (κ3) is 2.70. The van der Waals surface area contributed by atoms with Gasteiger partial charge in [0.05, 0.1) is 12.2 Å². The summed E-state index contributed by atoms with van der Waals surface area (Å²) in [5.41, 5.74) is -0.327. The second kappa shape index (κ2) is 5.33. The van der Waals surface area contributed by atoms with Crippen LogP contribution in [0.1, 0.15) is 39.5 Å². The highest BCUT2D eigenvalue weighted by Gasteiger charge is 2.35. The Kier molecular flexibility index (Phi) is 4.37. The molecule has 3 heteroatoms. The molecule has 1 fully saturated rings. The minimum absolute atomic E-state index is 0.271. The third-order valence-corrected chi connectivity index (χ3v) is 2.80. The molecule has 0 radical (unpaired) electrons. The van der Waals surface area contributed by atoms with Gasteiger partial charge in [0, 0.05) is 19.4 Å². The van der Waals surface area contributed by atoms with Crippen LogP contribution in [0, 0.1) is 11.3 Å². The van der Waals surface area contributed by atoms with Crippen molar-refractivity contribution in [2.24, 2.45) is 0 Å². The summed E-state index contributed by atoms with van der Waals surface area (Å²) in [5, 5.41) is 12.5. The van der Waals surface area contributed by atoms with E-state index in [9.17, 15) is 5.26 Å². The van der Waals surface area contributed by atoms with Gasteiger partial charge in [-0.2, -0.15) is 5.26 Å². The Morgan fingerprint density at radius 1 is 1.57 bits per heavy atom. The van der Waals surface area contributed by atoms with Crippen LogP contribution < -0.4 is 5.32 Å². The molecule has 0 amide bonds. The van der Waals surface area contributed by atoms with E-state index in [0.29, 0.717) is 6.61 Å². The molecule has 14 heavy (non-hydrogen) atoms. The number of ether oxygens (including phenoxy) is 1. The average Bonchev–Trinajstić information content (AvgIpc) is 2.19. The molecule has 0 aromatic rings. The fourth-order valence-corrected chi connectivity index (χ4v) is 2.10. The molecule has 1 N–H and O–H groups in total. The van der Waals surface area contributed by atoms with Crippen LogP contribution in [0.5, 0.6) is 0 Å². The normalized spacial score (nSPS) is 32.5. The number of nitrogens with zero attached hydrogens (tertiary/aromatic N) is 1. The van der Waals surface area contributed by atoms with E-state index in [4.69, 9.17) is 4.74 Å². The van der Waals surface area contributed by atoms with Gasteiger partial charge in [0.25, 0.3) is 0 Å². The minimum atomic E-state index is -0.327. The summed E-state index contributed by atoms with van der Waals surface area (Å²) < 4.78 is 5.63. The fourth-order valence-electron chi connectivity index (χ4n) is 2.10. The Labute approximate surface area is 86.4 Å². The summed E-state index contributed by atoms with van der Waals surface area (Å²) in [4.78, 5) is 0. The van der Waals surface area contributed by atoms with Crippen LogP contribution >= 0.6 is 0 Å². The van der Waals surface area contributed by atoms with Crippen LogP contribution in [0.3, 0.4) is 0 Å². The van der Waals surface area contributed by atoms with Gasteiger partial charge in [-0.1, -0.05) is 20.3 Å². The third-order valence-electron chi connectivity index (χ3n) is 2.80. The Morgan fingerprint density at radius 3 is 2.93 bits per heavy atom. The van der Waals surface area contributed by atoms with E-state index >= 15 is 0 Å². The number of hydrogen-bond donors (Lipinski definition) is 1. The van der Waals surface area contributed by atoms with Crippen LogP contribution in [0.4, 0.5) is 0 Å². The second-order valence-electron chi connectivity index (χ2n) is 3.96. The number of hydrogen-bond acceptors (Lipinski definition) is 3. The Morgan fingerprint density at radius 2 is 2.36 bits per heavy atom. The van der Waals surface area contributed by atoms with Crippen molar-refractivity contribution in [3.63, 3.8) is 0 Å². The largest absolute Gasteiger partial charge is 0.378 e. The lowest BCUT2D eigenvalue weighted by Crippen LogP contribution is -2.50. The zero-order valence-electron chi connectivity index (χ0n) is 9.18. The number of nitrogens with one attached hydrogen (secondary N) is 1. The van der Waals surface area contributed by atoms with E-state index < -0.39 is 0 Å². The van der Waals surface area contributed by atoms with Crippen LogP contribution in [-0.2, 0) is 4.74 Å². The van der Waals surface area contributed by atoms with E-state index in [0.717, 1.165) is 32.2 Å². The van der Waals surface area contributed by atoms with Crippen molar-refractivity contribution in [2.75, 3.05) is 13.2 Å². The molecule has 0 aromatic heterocycles. The van der Waals surface area contributed by atoms with E-state index in [1.165, 1.54) is 0 Å². The first-order chi connectivity index (χ1) is 6.76. The van der Waals surface area contributed by atoms with Gasteiger partial charge in [0.15, 0.2) is 0 Å². The minimum Gasteiger partial charge on any atom is -0.378 e. The molecule has 2 atom stereocenters. The standard InChI is InChI=1S/C11H20N2O/c1-3-5-10-8-11(9-12,13-4-2)6-7-14-10/h10,13H,3-8H2,1-2H3. The molecule has 1 saturated heterocycles. The average molecular weight is 196 g/mol. The molecule has 0 aliphatic carbocycles. The number of nitriles is 1. The summed E-state index contributed by atoms with van der Waals surface area (Å²) in [5.74, 6) is 0. The van der Waals surface area contributed by atoms with E-state index in [1.54, 1.807) is 0 Å². The van der Waals surface area contributed by atoms with Crippen molar-refractivity contribution in [1.29, 1.82) is 5.26 Å². The van der Waals surface area contributed by atoms with Gasteiger partial charge in [-0.3, -0.25) is 5.32 Å². The SMILES string of the molecule is CCCC1CC(C#N)(NCC)CCO1. The lowest BCUT2D eigenvalue weighted by Gasteiger charge is -2.36. The molecule has 0 saturated carbocycles. The monoisotopic (exact) mass is 196 g/mol. The first kappa shape index (κ1) is 11.5. The first-order valence-electron chi connectivity index (χ1n) is 5.54. The lowest BCUT2D eigenvalue weighted by atomic mass is 9.86. The quantitative estimate of drug-likeness (QED) is 0.746. The number of rotatable bonds is 4. The summed E-state index contributed by atoms with van der Waals surface area (Å²) in [7, 11) is 0. The van der Waals surface area contributed by atoms with Crippen LogP contribution in [-0.4, -0.2) is 24.8 Å². The Bertz CT molecular complexity index is 206. The molecule has 0 spiro atoms. The molecular formula is C11H20N2O. The zero-order chi connectivity index (χ0) is 10.4. The second-order valence-corrected chi connectivity index (χ2v) is 3.96. The van der Waals surface area contributed by atoms with Gasteiger partial charge in [0.2, 0.25) is 0 Å². The van der Waals surface area contributed by atoms with Crippen LogP contribution in [0.25, 0.3) is 0 Å². The molecule has 3 nitrogen and oxygen atoms in total. The maximum atomic E-state index is 9.19. The summed E-state index contributed by atoms with van der Waals surface area (Å²) in [6.07, 6.45) is 4.11. The predicted octanol–water partition coefficient (Wildman–Crippen LogP) is 1.84. The highest BCUT2D eigenvalue weighted by atomic mass is 16.5. The first-order valence-corrected chi connectivity index (χ1v) is 5.54. The van der Waals surface area contributed by atoms with Crippen molar-refractivity contribution in [1.82, 2.24) is 5.32 Å². The van der Waals surface area contributed by atoms with Gasteiger partial charge in [-0.15, -0.1) is 0 Å². The van der Waals surface area contributed by atoms with Crippen LogP contribution in [0.2, 0.25) is 0 Å². The highest BCUT2D eigenvalue weighted by molar-refractivity contribution is 5.09. The molecule has 2 unspecified atom stereocenters. The molecular weight excluding hydrogens is 176 g/mol. The maximum absolute atomic E-state index is 9.19. The van der Waals surface area contributed by atoms with Crippen molar-refractivity contribution in [3.05, 3.63) is 0 Å². The van der Waals surface area contributed by atoms with Crippen molar-refractivity contribution in [2.45, 2.75) is 51.2 Å². The van der Waals surface area contributed by atoms with Gasteiger partial charge in [0.1, 0.15) is 5.54 Å². The maximum Gasteiger partial charge on any atom is 0.111 e. The molecule has 1 aliphatic rings. The smallest absolute Gasteiger partial charge is 0.111 e. The summed E-state index contributed by atoms with van der Waals surface area (Å²) in [6, 6.07) is 2.42. The summed E-state index contributed by atoms with van der Waals surface area (Å²) >= 11 is 0. The predicted molar refractivity (Wildman–Crippen MR) is 55.9 cm³/mol. The molecule has 1 rings (SSSR count). The molecule has 0 aromatic carbocycles. The Hall–Kier alpha value is -0.590. The van der Waals surface area contributed by atoms with Crippen molar-refractivity contribution in [3.8, 4) is 6.07 Å². The van der Waals surface area contributed by atoms with Gasteiger partial charge in [-0.05, 0) is 13.0 Å². The van der Waals surface area contributed by atoms with Gasteiger partial charge in [-0.25, -0.2) is 0 Å². The van der Waals surface area contributed by atoms with E-state index in [1.807, 2.05) is 6.92 Å². The molecule has 0 bridgehead atoms. The van der Waals surface area contributed by atoms with E-state index in [-0.39, 0.29) is 11.6 Å².